The SMILES string of the molecule is CCOc1ccc(N(C)C(=O)CCCNC)cc1F. The smallest absolute Gasteiger partial charge is 0.226 e. The molecule has 0 spiro atoms. The highest BCUT2D eigenvalue weighted by atomic mass is 19.1. The van der Waals surface area contributed by atoms with Crippen LogP contribution in [0.2, 0.25) is 0 Å². The lowest BCUT2D eigenvalue weighted by atomic mass is 10.2. The van der Waals surface area contributed by atoms with Crippen molar-refractivity contribution in [3.05, 3.63) is 24.0 Å². The minimum atomic E-state index is -0.450. The first-order valence-electron chi connectivity index (χ1n) is 6.43. The summed E-state index contributed by atoms with van der Waals surface area (Å²) < 4.78 is 18.8. The van der Waals surface area contributed by atoms with Gasteiger partial charge in [-0.1, -0.05) is 0 Å². The van der Waals surface area contributed by atoms with Crippen LogP contribution < -0.4 is 15.0 Å². The van der Waals surface area contributed by atoms with E-state index in [1.807, 2.05) is 7.05 Å². The lowest BCUT2D eigenvalue weighted by molar-refractivity contribution is -0.118. The van der Waals surface area contributed by atoms with Crippen molar-refractivity contribution in [3.63, 3.8) is 0 Å². The number of hydrogen-bond donors (Lipinski definition) is 1. The molecule has 1 aromatic carbocycles. The van der Waals surface area contributed by atoms with Gasteiger partial charge in [0.25, 0.3) is 0 Å². The van der Waals surface area contributed by atoms with Gasteiger partial charge in [0.05, 0.1) is 6.61 Å². The van der Waals surface area contributed by atoms with E-state index in [2.05, 4.69) is 5.32 Å². The van der Waals surface area contributed by atoms with Crippen LogP contribution in [0.25, 0.3) is 0 Å². The average Bonchev–Trinajstić information content (AvgIpc) is 2.40. The van der Waals surface area contributed by atoms with Gasteiger partial charge in [-0.2, -0.15) is 0 Å². The highest BCUT2D eigenvalue weighted by Gasteiger charge is 2.13. The fourth-order valence-electron chi connectivity index (χ4n) is 1.70. The lowest BCUT2D eigenvalue weighted by Crippen LogP contribution is -2.26. The molecule has 0 aromatic heterocycles. The van der Waals surface area contributed by atoms with Crippen molar-refractivity contribution in [2.24, 2.45) is 0 Å². The number of benzene rings is 1. The molecular weight excluding hydrogens is 247 g/mol. The molecule has 19 heavy (non-hydrogen) atoms. The summed E-state index contributed by atoms with van der Waals surface area (Å²) in [4.78, 5) is 13.4. The molecule has 0 aliphatic heterocycles. The van der Waals surface area contributed by atoms with Gasteiger partial charge in [0.15, 0.2) is 11.6 Å². The summed E-state index contributed by atoms with van der Waals surface area (Å²) in [6.07, 6.45) is 1.20. The maximum absolute atomic E-state index is 13.7. The van der Waals surface area contributed by atoms with Gasteiger partial charge in [-0.3, -0.25) is 4.79 Å². The topological polar surface area (TPSA) is 41.6 Å². The predicted molar refractivity (Wildman–Crippen MR) is 74.1 cm³/mol. The Hall–Kier alpha value is -1.62. The van der Waals surface area contributed by atoms with Gasteiger partial charge < -0.3 is 15.0 Å². The van der Waals surface area contributed by atoms with Crippen LogP contribution in [-0.4, -0.2) is 33.2 Å². The fourth-order valence-corrected chi connectivity index (χ4v) is 1.70. The third-order valence-corrected chi connectivity index (χ3v) is 2.79. The van der Waals surface area contributed by atoms with Crippen LogP contribution >= 0.6 is 0 Å². The monoisotopic (exact) mass is 268 g/mol. The number of rotatable bonds is 7. The summed E-state index contributed by atoms with van der Waals surface area (Å²) in [7, 11) is 3.49. The first-order valence-corrected chi connectivity index (χ1v) is 6.43. The summed E-state index contributed by atoms with van der Waals surface area (Å²) in [6, 6.07) is 4.55. The van der Waals surface area contributed by atoms with Crippen molar-refractivity contribution in [2.75, 3.05) is 32.1 Å². The zero-order chi connectivity index (χ0) is 14.3. The van der Waals surface area contributed by atoms with E-state index in [9.17, 15) is 9.18 Å². The molecule has 0 unspecified atom stereocenters. The average molecular weight is 268 g/mol. The van der Waals surface area contributed by atoms with Gasteiger partial charge in [-0.25, -0.2) is 4.39 Å². The molecule has 0 aliphatic carbocycles. The highest BCUT2D eigenvalue weighted by molar-refractivity contribution is 5.92. The zero-order valence-corrected chi connectivity index (χ0v) is 11.7. The number of carbonyl (C=O) groups is 1. The molecule has 4 nitrogen and oxygen atoms in total. The van der Waals surface area contributed by atoms with Crippen molar-refractivity contribution in [2.45, 2.75) is 19.8 Å². The first kappa shape index (κ1) is 15.4. The van der Waals surface area contributed by atoms with Gasteiger partial charge in [-0.05, 0) is 39.1 Å². The van der Waals surface area contributed by atoms with E-state index in [4.69, 9.17) is 4.74 Å². The molecule has 0 saturated carbocycles. The van der Waals surface area contributed by atoms with E-state index in [0.717, 1.165) is 13.0 Å². The molecule has 0 bridgehead atoms. The molecule has 0 radical (unpaired) electrons. The molecule has 0 atom stereocenters. The number of amides is 1. The number of nitrogens with zero attached hydrogens (tertiary/aromatic N) is 1. The molecule has 1 rings (SSSR count). The number of halogens is 1. The normalized spacial score (nSPS) is 10.3. The number of hydrogen-bond acceptors (Lipinski definition) is 3. The molecule has 0 heterocycles. The Morgan fingerprint density at radius 1 is 1.47 bits per heavy atom. The van der Waals surface area contributed by atoms with Crippen LogP contribution in [0.5, 0.6) is 5.75 Å². The van der Waals surface area contributed by atoms with Crippen molar-refractivity contribution >= 4 is 11.6 Å². The standard InChI is InChI=1S/C14H21FN2O2/c1-4-19-13-8-7-11(10-12(13)15)17(3)14(18)6-5-9-16-2/h7-8,10,16H,4-6,9H2,1-3H3. The second-order valence-corrected chi connectivity index (χ2v) is 4.21. The number of carbonyl (C=O) groups excluding carboxylic acids is 1. The third-order valence-electron chi connectivity index (χ3n) is 2.79. The Balaban J connectivity index is 2.68. The van der Waals surface area contributed by atoms with Crippen LogP contribution in [0.1, 0.15) is 19.8 Å². The van der Waals surface area contributed by atoms with Crippen LogP contribution in [0.3, 0.4) is 0 Å². The summed E-state index contributed by atoms with van der Waals surface area (Å²) in [5.74, 6) is -0.268. The minimum Gasteiger partial charge on any atom is -0.491 e. The van der Waals surface area contributed by atoms with Crippen LogP contribution in [0.15, 0.2) is 18.2 Å². The maximum atomic E-state index is 13.7. The molecule has 1 N–H and O–H groups in total. The van der Waals surface area contributed by atoms with Crippen LogP contribution in [-0.2, 0) is 4.79 Å². The Morgan fingerprint density at radius 2 is 2.21 bits per heavy atom. The van der Waals surface area contributed by atoms with E-state index < -0.39 is 5.82 Å². The predicted octanol–water partition coefficient (Wildman–Crippen LogP) is 2.19. The second kappa shape index (κ2) is 7.74. The van der Waals surface area contributed by atoms with Gasteiger partial charge in [-0.15, -0.1) is 0 Å². The summed E-state index contributed by atoms with van der Waals surface area (Å²) in [6.45, 7) is 3.00. The van der Waals surface area contributed by atoms with E-state index in [1.54, 1.807) is 26.1 Å². The number of nitrogens with one attached hydrogen (secondary N) is 1. The Morgan fingerprint density at radius 3 is 2.79 bits per heavy atom. The van der Waals surface area contributed by atoms with E-state index >= 15 is 0 Å². The van der Waals surface area contributed by atoms with Crippen molar-refractivity contribution in [1.82, 2.24) is 5.32 Å². The summed E-state index contributed by atoms with van der Waals surface area (Å²) in [5.41, 5.74) is 0.537. The summed E-state index contributed by atoms with van der Waals surface area (Å²) >= 11 is 0. The van der Waals surface area contributed by atoms with E-state index in [-0.39, 0.29) is 11.7 Å². The second-order valence-electron chi connectivity index (χ2n) is 4.21. The molecule has 106 valence electrons. The van der Waals surface area contributed by atoms with Crippen molar-refractivity contribution in [3.8, 4) is 5.75 Å². The largest absolute Gasteiger partial charge is 0.491 e. The molecule has 0 aliphatic rings. The van der Waals surface area contributed by atoms with Crippen LogP contribution in [0.4, 0.5) is 10.1 Å². The Labute approximate surface area is 113 Å². The van der Waals surface area contributed by atoms with Gasteiger partial charge in [0, 0.05) is 25.2 Å². The van der Waals surface area contributed by atoms with Crippen molar-refractivity contribution < 1.29 is 13.9 Å². The molecule has 1 amide bonds. The molecular formula is C14H21FN2O2. The third kappa shape index (κ3) is 4.52. The first-order chi connectivity index (χ1) is 9.10. The van der Waals surface area contributed by atoms with Crippen LogP contribution in [0, 0.1) is 5.82 Å². The molecule has 1 aromatic rings. The van der Waals surface area contributed by atoms with E-state index in [0.29, 0.717) is 18.7 Å². The maximum Gasteiger partial charge on any atom is 0.226 e. The summed E-state index contributed by atoms with van der Waals surface area (Å²) in [5, 5.41) is 2.99. The van der Waals surface area contributed by atoms with Gasteiger partial charge in [0.1, 0.15) is 0 Å². The van der Waals surface area contributed by atoms with Crippen molar-refractivity contribution in [1.29, 1.82) is 0 Å². The van der Waals surface area contributed by atoms with Gasteiger partial charge >= 0.3 is 0 Å². The fraction of sp³-hybridized carbons (Fsp3) is 0.500. The molecule has 0 saturated heterocycles. The Kier molecular flexibility index (Phi) is 6.29. The van der Waals surface area contributed by atoms with E-state index in [1.165, 1.54) is 11.0 Å². The quantitative estimate of drug-likeness (QED) is 0.771. The number of ether oxygens (including phenoxy) is 1. The highest BCUT2D eigenvalue weighted by Crippen LogP contribution is 2.23. The number of anilines is 1. The zero-order valence-electron chi connectivity index (χ0n) is 11.7. The van der Waals surface area contributed by atoms with Gasteiger partial charge in [0.2, 0.25) is 5.91 Å². The lowest BCUT2D eigenvalue weighted by Gasteiger charge is -2.18. The minimum absolute atomic E-state index is 0.0289. The molecule has 0 fully saturated rings. The molecule has 5 heteroatoms. The Bertz CT molecular complexity index is 424.